The molecule has 2 N–H and O–H groups in total. The Labute approximate surface area is 158 Å². The van der Waals surface area contributed by atoms with Crippen molar-refractivity contribution in [2.45, 2.75) is 37.8 Å². The molecule has 1 aliphatic heterocycles. The van der Waals surface area contributed by atoms with Crippen LogP contribution >= 0.6 is 11.6 Å². The van der Waals surface area contributed by atoms with Crippen LogP contribution in [-0.2, 0) is 17.6 Å². The summed E-state index contributed by atoms with van der Waals surface area (Å²) in [5.74, 6) is 1.16. The molecule has 2 aromatic rings. The van der Waals surface area contributed by atoms with Crippen LogP contribution in [0, 0.1) is 5.92 Å². The molecule has 2 aromatic carbocycles. The largest absolute Gasteiger partial charge is 0.493 e. The number of nitrogens with one attached hydrogen (secondary N) is 1. The van der Waals surface area contributed by atoms with E-state index in [0.29, 0.717) is 18.1 Å². The van der Waals surface area contributed by atoms with Crippen LogP contribution in [0.3, 0.4) is 0 Å². The molecular formula is C21H22ClNO3. The highest BCUT2D eigenvalue weighted by molar-refractivity contribution is 6.30. The van der Waals surface area contributed by atoms with Gasteiger partial charge in [-0.15, -0.1) is 0 Å². The third-order valence-corrected chi connectivity index (χ3v) is 5.50. The van der Waals surface area contributed by atoms with Crippen LogP contribution in [0.4, 0.5) is 0 Å². The van der Waals surface area contributed by atoms with Crippen molar-refractivity contribution in [3.05, 3.63) is 64.2 Å². The Bertz CT molecular complexity index is 817. The van der Waals surface area contributed by atoms with Crippen molar-refractivity contribution in [2.24, 2.45) is 5.92 Å². The molecule has 0 saturated heterocycles. The Hall–Kier alpha value is -2.04. The molecule has 4 nitrogen and oxygen atoms in total. The third kappa shape index (κ3) is 3.71. The Kier molecular flexibility index (Phi) is 4.88. The molecule has 4 rings (SSSR count). The number of carbonyl (C=O) groups excluding carboxylic acids is 1. The number of fused-ring (bicyclic) bond motifs is 1. The van der Waals surface area contributed by atoms with Crippen molar-refractivity contribution >= 4 is 17.5 Å². The Morgan fingerprint density at radius 2 is 2.12 bits per heavy atom. The Morgan fingerprint density at radius 1 is 1.27 bits per heavy atom. The smallest absolute Gasteiger partial charge is 0.224 e. The minimum absolute atomic E-state index is 0.0320. The van der Waals surface area contributed by atoms with Crippen molar-refractivity contribution < 1.29 is 14.6 Å². The van der Waals surface area contributed by atoms with Gasteiger partial charge in [0, 0.05) is 11.4 Å². The molecule has 0 aromatic heterocycles. The zero-order valence-electron chi connectivity index (χ0n) is 14.5. The van der Waals surface area contributed by atoms with Gasteiger partial charge in [0.15, 0.2) is 0 Å². The molecule has 5 heteroatoms. The SMILES string of the molecule is O=C(Cc1cccc(Cl)c1)NC(c1ccc2c(c1)CCO2)C1CC(O)C1. The van der Waals surface area contributed by atoms with Gasteiger partial charge < -0.3 is 15.2 Å². The zero-order chi connectivity index (χ0) is 18.1. The van der Waals surface area contributed by atoms with Gasteiger partial charge >= 0.3 is 0 Å². The lowest BCUT2D eigenvalue weighted by Gasteiger charge is -2.38. The molecule has 1 heterocycles. The molecule has 1 saturated carbocycles. The van der Waals surface area contributed by atoms with Crippen LogP contribution < -0.4 is 10.1 Å². The molecular weight excluding hydrogens is 350 g/mol. The lowest BCUT2D eigenvalue weighted by molar-refractivity contribution is -0.122. The first-order valence-electron chi connectivity index (χ1n) is 9.06. The second-order valence-corrected chi connectivity index (χ2v) is 7.64. The molecule has 1 amide bonds. The van der Waals surface area contributed by atoms with Crippen LogP contribution in [0.15, 0.2) is 42.5 Å². The maximum Gasteiger partial charge on any atom is 0.224 e. The van der Waals surface area contributed by atoms with Crippen molar-refractivity contribution in [1.29, 1.82) is 0 Å². The van der Waals surface area contributed by atoms with E-state index in [1.54, 1.807) is 6.07 Å². The highest BCUT2D eigenvalue weighted by Crippen LogP contribution is 2.39. The van der Waals surface area contributed by atoms with Gasteiger partial charge in [-0.1, -0.05) is 29.8 Å². The van der Waals surface area contributed by atoms with E-state index in [9.17, 15) is 9.90 Å². The van der Waals surface area contributed by atoms with E-state index in [1.165, 1.54) is 5.56 Å². The summed E-state index contributed by atoms with van der Waals surface area (Å²) >= 11 is 6.01. The van der Waals surface area contributed by atoms with E-state index in [-0.39, 0.29) is 24.0 Å². The number of benzene rings is 2. The molecule has 1 unspecified atom stereocenters. The van der Waals surface area contributed by atoms with Gasteiger partial charge in [0.2, 0.25) is 5.91 Å². The topological polar surface area (TPSA) is 58.6 Å². The Balaban J connectivity index is 1.51. The predicted octanol–water partition coefficient (Wildman–Crippen LogP) is 3.45. The third-order valence-electron chi connectivity index (χ3n) is 5.26. The summed E-state index contributed by atoms with van der Waals surface area (Å²) in [6.07, 6.45) is 2.37. The maximum absolute atomic E-state index is 12.6. The number of ether oxygens (including phenoxy) is 1. The lowest BCUT2D eigenvalue weighted by atomic mass is 9.74. The van der Waals surface area contributed by atoms with Gasteiger partial charge in [-0.25, -0.2) is 0 Å². The average Bonchev–Trinajstić information content (AvgIpc) is 3.05. The lowest BCUT2D eigenvalue weighted by Crippen LogP contribution is -2.41. The molecule has 1 atom stereocenters. The summed E-state index contributed by atoms with van der Waals surface area (Å²) in [7, 11) is 0. The fourth-order valence-corrected chi connectivity index (χ4v) is 4.05. The molecule has 2 aliphatic rings. The molecule has 136 valence electrons. The maximum atomic E-state index is 12.6. The van der Waals surface area contributed by atoms with E-state index in [2.05, 4.69) is 11.4 Å². The van der Waals surface area contributed by atoms with Gasteiger partial charge in [-0.3, -0.25) is 4.79 Å². The van der Waals surface area contributed by atoms with Gasteiger partial charge in [-0.05, 0) is 59.7 Å². The first kappa shape index (κ1) is 17.4. The number of aliphatic hydroxyl groups excluding tert-OH is 1. The predicted molar refractivity (Wildman–Crippen MR) is 100 cm³/mol. The zero-order valence-corrected chi connectivity index (χ0v) is 15.2. The van der Waals surface area contributed by atoms with Crippen molar-refractivity contribution in [1.82, 2.24) is 5.32 Å². The fourth-order valence-electron chi connectivity index (χ4n) is 3.83. The molecule has 0 radical (unpaired) electrons. The molecule has 1 fully saturated rings. The van der Waals surface area contributed by atoms with Crippen molar-refractivity contribution in [3.63, 3.8) is 0 Å². The first-order valence-corrected chi connectivity index (χ1v) is 9.44. The summed E-state index contributed by atoms with van der Waals surface area (Å²) in [6.45, 7) is 0.715. The summed E-state index contributed by atoms with van der Waals surface area (Å²) < 4.78 is 5.58. The summed E-state index contributed by atoms with van der Waals surface area (Å²) in [5, 5.41) is 13.5. The second-order valence-electron chi connectivity index (χ2n) is 7.20. The van der Waals surface area contributed by atoms with E-state index in [0.717, 1.165) is 36.1 Å². The highest BCUT2D eigenvalue weighted by Gasteiger charge is 2.36. The fraction of sp³-hybridized carbons (Fsp3) is 0.381. The number of amides is 1. The van der Waals surface area contributed by atoms with Crippen molar-refractivity contribution in [2.75, 3.05) is 6.61 Å². The molecule has 26 heavy (non-hydrogen) atoms. The minimum atomic E-state index is -0.259. The Morgan fingerprint density at radius 3 is 2.88 bits per heavy atom. The van der Waals surface area contributed by atoms with Gasteiger partial charge in [-0.2, -0.15) is 0 Å². The monoisotopic (exact) mass is 371 g/mol. The van der Waals surface area contributed by atoms with E-state index >= 15 is 0 Å². The number of halogens is 1. The van der Waals surface area contributed by atoms with Gasteiger partial charge in [0.05, 0.1) is 25.2 Å². The van der Waals surface area contributed by atoms with E-state index in [4.69, 9.17) is 16.3 Å². The number of aliphatic hydroxyl groups is 1. The summed E-state index contributed by atoms with van der Waals surface area (Å²) in [6, 6.07) is 13.4. The number of carbonyl (C=O) groups is 1. The number of hydrogen-bond donors (Lipinski definition) is 2. The summed E-state index contributed by atoms with van der Waals surface area (Å²) in [5.41, 5.74) is 3.17. The quantitative estimate of drug-likeness (QED) is 0.846. The van der Waals surface area contributed by atoms with E-state index in [1.807, 2.05) is 30.3 Å². The van der Waals surface area contributed by atoms with Crippen molar-refractivity contribution in [3.8, 4) is 5.75 Å². The minimum Gasteiger partial charge on any atom is -0.493 e. The van der Waals surface area contributed by atoms with Crippen LogP contribution in [0.5, 0.6) is 5.75 Å². The highest BCUT2D eigenvalue weighted by atomic mass is 35.5. The molecule has 0 bridgehead atoms. The van der Waals surface area contributed by atoms with Crippen LogP contribution in [-0.4, -0.2) is 23.7 Å². The normalized spacial score (nSPS) is 22.1. The number of hydrogen-bond acceptors (Lipinski definition) is 3. The van der Waals surface area contributed by atoms with Gasteiger partial charge in [0.25, 0.3) is 0 Å². The van der Waals surface area contributed by atoms with Crippen LogP contribution in [0.25, 0.3) is 0 Å². The van der Waals surface area contributed by atoms with E-state index < -0.39 is 0 Å². The number of rotatable bonds is 5. The van der Waals surface area contributed by atoms with Gasteiger partial charge in [0.1, 0.15) is 5.75 Å². The second kappa shape index (κ2) is 7.29. The molecule has 0 spiro atoms. The van der Waals surface area contributed by atoms with Crippen LogP contribution in [0.2, 0.25) is 5.02 Å². The van der Waals surface area contributed by atoms with Crippen LogP contribution in [0.1, 0.15) is 35.6 Å². The average molecular weight is 372 g/mol. The standard InChI is InChI=1S/C21H22ClNO3/c22-17-3-1-2-13(8-17)9-20(25)23-21(16-11-18(24)12-16)15-4-5-19-14(10-15)6-7-26-19/h1-5,8,10,16,18,21,24H,6-7,9,11-12H2,(H,23,25). The molecule has 1 aliphatic carbocycles. The summed E-state index contributed by atoms with van der Waals surface area (Å²) in [4.78, 5) is 12.6. The first-order chi connectivity index (χ1) is 12.6.